The lowest BCUT2D eigenvalue weighted by Gasteiger charge is -2.09. The SMILES string of the molecule is CCOc1cc(C)c2cccc(SC)c2n1. The van der Waals surface area contributed by atoms with Gasteiger partial charge in [-0.15, -0.1) is 11.8 Å². The average Bonchev–Trinajstić information content (AvgIpc) is 2.29. The molecule has 0 N–H and O–H groups in total. The van der Waals surface area contributed by atoms with E-state index in [0.717, 1.165) is 5.52 Å². The normalized spacial score (nSPS) is 10.7. The van der Waals surface area contributed by atoms with Gasteiger partial charge in [-0.1, -0.05) is 12.1 Å². The van der Waals surface area contributed by atoms with Crippen molar-refractivity contribution < 1.29 is 4.74 Å². The van der Waals surface area contributed by atoms with Crippen LogP contribution in [-0.4, -0.2) is 17.8 Å². The Morgan fingerprint density at radius 1 is 1.38 bits per heavy atom. The van der Waals surface area contributed by atoms with Crippen LogP contribution in [0.1, 0.15) is 12.5 Å². The summed E-state index contributed by atoms with van der Waals surface area (Å²) in [5.41, 5.74) is 2.25. The van der Waals surface area contributed by atoms with E-state index in [1.54, 1.807) is 11.8 Å². The molecule has 1 aromatic heterocycles. The Kier molecular flexibility index (Phi) is 3.34. The molecule has 2 rings (SSSR count). The summed E-state index contributed by atoms with van der Waals surface area (Å²) in [4.78, 5) is 5.75. The van der Waals surface area contributed by atoms with Crippen LogP contribution >= 0.6 is 11.8 Å². The van der Waals surface area contributed by atoms with Crippen molar-refractivity contribution >= 4 is 22.7 Å². The average molecular weight is 233 g/mol. The molecule has 0 aliphatic carbocycles. The molecular weight excluding hydrogens is 218 g/mol. The molecule has 0 radical (unpaired) electrons. The predicted octanol–water partition coefficient (Wildman–Crippen LogP) is 3.66. The number of rotatable bonds is 3. The third-order valence-electron chi connectivity index (χ3n) is 2.50. The van der Waals surface area contributed by atoms with Gasteiger partial charge < -0.3 is 4.74 Å². The van der Waals surface area contributed by atoms with Gasteiger partial charge in [-0.2, -0.15) is 0 Å². The molecule has 0 spiro atoms. The minimum Gasteiger partial charge on any atom is -0.478 e. The van der Waals surface area contributed by atoms with E-state index in [9.17, 15) is 0 Å². The highest BCUT2D eigenvalue weighted by Crippen LogP contribution is 2.28. The number of nitrogens with zero attached hydrogens (tertiary/aromatic N) is 1. The van der Waals surface area contributed by atoms with Gasteiger partial charge >= 0.3 is 0 Å². The topological polar surface area (TPSA) is 22.1 Å². The van der Waals surface area contributed by atoms with Gasteiger partial charge in [-0.05, 0) is 31.7 Å². The van der Waals surface area contributed by atoms with Crippen molar-refractivity contribution in [3.8, 4) is 5.88 Å². The molecule has 0 atom stereocenters. The fourth-order valence-electron chi connectivity index (χ4n) is 1.75. The fraction of sp³-hybridized carbons (Fsp3) is 0.308. The van der Waals surface area contributed by atoms with Crippen molar-refractivity contribution in [2.24, 2.45) is 0 Å². The number of fused-ring (bicyclic) bond motifs is 1. The lowest BCUT2D eigenvalue weighted by molar-refractivity contribution is 0.328. The maximum atomic E-state index is 5.47. The summed E-state index contributed by atoms with van der Waals surface area (Å²) in [5, 5.41) is 1.20. The zero-order valence-electron chi connectivity index (χ0n) is 9.78. The van der Waals surface area contributed by atoms with Crippen LogP contribution in [-0.2, 0) is 0 Å². The van der Waals surface area contributed by atoms with Crippen LogP contribution in [0.5, 0.6) is 5.88 Å². The molecule has 1 heterocycles. The van der Waals surface area contributed by atoms with E-state index in [2.05, 4.69) is 36.4 Å². The van der Waals surface area contributed by atoms with Gasteiger partial charge in [0.25, 0.3) is 0 Å². The highest BCUT2D eigenvalue weighted by molar-refractivity contribution is 7.98. The first-order valence-electron chi connectivity index (χ1n) is 5.33. The first-order valence-corrected chi connectivity index (χ1v) is 6.56. The van der Waals surface area contributed by atoms with Gasteiger partial charge in [0, 0.05) is 16.3 Å². The maximum absolute atomic E-state index is 5.47. The molecule has 0 bridgehead atoms. The Morgan fingerprint density at radius 2 is 2.19 bits per heavy atom. The molecule has 2 nitrogen and oxygen atoms in total. The molecule has 1 aromatic carbocycles. The van der Waals surface area contributed by atoms with E-state index >= 15 is 0 Å². The van der Waals surface area contributed by atoms with Crippen LogP contribution in [0.2, 0.25) is 0 Å². The van der Waals surface area contributed by atoms with Crippen LogP contribution in [0, 0.1) is 6.92 Å². The lowest BCUT2D eigenvalue weighted by atomic mass is 10.1. The van der Waals surface area contributed by atoms with E-state index in [1.807, 2.05) is 13.0 Å². The summed E-state index contributed by atoms with van der Waals surface area (Å²) in [6.07, 6.45) is 2.07. The van der Waals surface area contributed by atoms with Crippen molar-refractivity contribution in [3.05, 3.63) is 29.8 Å². The lowest BCUT2D eigenvalue weighted by Crippen LogP contribution is -1.96. The zero-order chi connectivity index (χ0) is 11.5. The van der Waals surface area contributed by atoms with Crippen molar-refractivity contribution in [1.29, 1.82) is 0 Å². The second kappa shape index (κ2) is 4.74. The third-order valence-corrected chi connectivity index (χ3v) is 3.27. The van der Waals surface area contributed by atoms with Crippen LogP contribution < -0.4 is 4.74 Å². The second-order valence-corrected chi connectivity index (χ2v) is 4.41. The summed E-state index contributed by atoms with van der Waals surface area (Å²) in [5.74, 6) is 0.717. The molecule has 0 aliphatic heterocycles. The number of pyridine rings is 1. The van der Waals surface area contributed by atoms with E-state index in [1.165, 1.54) is 15.8 Å². The number of benzene rings is 1. The van der Waals surface area contributed by atoms with Crippen LogP contribution in [0.15, 0.2) is 29.2 Å². The molecular formula is C13H15NOS. The summed E-state index contributed by atoms with van der Waals surface area (Å²) in [6.45, 7) is 4.72. The Bertz CT molecular complexity index is 511. The number of para-hydroxylation sites is 1. The molecule has 2 aromatic rings. The van der Waals surface area contributed by atoms with Gasteiger partial charge in [0.2, 0.25) is 5.88 Å². The second-order valence-electron chi connectivity index (χ2n) is 3.57. The van der Waals surface area contributed by atoms with Gasteiger partial charge in [-0.3, -0.25) is 0 Å². The minimum absolute atomic E-state index is 0.652. The minimum atomic E-state index is 0.652. The first-order chi connectivity index (χ1) is 7.76. The first kappa shape index (κ1) is 11.3. The third kappa shape index (κ3) is 2.00. The quantitative estimate of drug-likeness (QED) is 0.755. The standard InChI is InChI=1S/C13H15NOS/c1-4-15-12-8-9(2)10-6-5-7-11(16-3)13(10)14-12/h5-8H,4H2,1-3H3. The van der Waals surface area contributed by atoms with Gasteiger partial charge in [0.05, 0.1) is 12.1 Å². The smallest absolute Gasteiger partial charge is 0.214 e. The number of aromatic nitrogens is 1. The van der Waals surface area contributed by atoms with Crippen molar-refractivity contribution in [3.63, 3.8) is 0 Å². The van der Waals surface area contributed by atoms with Gasteiger partial charge in [-0.25, -0.2) is 4.98 Å². The predicted molar refractivity (Wildman–Crippen MR) is 69.4 cm³/mol. The molecule has 16 heavy (non-hydrogen) atoms. The monoisotopic (exact) mass is 233 g/mol. The number of aryl methyl sites for hydroxylation is 1. The van der Waals surface area contributed by atoms with E-state index < -0.39 is 0 Å². The maximum Gasteiger partial charge on any atom is 0.214 e. The molecule has 0 aliphatic rings. The fourth-order valence-corrected chi connectivity index (χ4v) is 2.31. The summed E-state index contributed by atoms with van der Waals surface area (Å²) >= 11 is 1.72. The molecule has 0 unspecified atom stereocenters. The number of hydrogen-bond acceptors (Lipinski definition) is 3. The summed E-state index contributed by atoms with van der Waals surface area (Å²) < 4.78 is 5.47. The highest BCUT2D eigenvalue weighted by Gasteiger charge is 2.06. The number of thioether (sulfide) groups is 1. The highest BCUT2D eigenvalue weighted by atomic mass is 32.2. The molecule has 0 saturated heterocycles. The van der Waals surface area contributed by atoms with Gasteiger partial charge in [0.1, 0.15) is 0 Å². The largest absolute Gasteiger partial charge is 0.478 e. The van der Waals surface area contributed by atoms with Crippen molar-refractivity contribution in [2.75, 3.05) is 12.9 Å². The Hall–Kier alpha value is -1.22. The zero-order valence-corrected chi connectivity index (χ0v) is 10.6. The molecule has 84 valence electrons. The van der Waals surface area contributed by atoms with Crippen molar-refractivity contribution in [1.82, 2.24) is 4.98 Å². The number of hydrogen-bond donors (Lipinski definition) is 0. The van der Waals surface area contributed by atoms with Crippen LogP contribution in [0.4, 0.5) is 0 Å². The van der Waals surface area contributed by atoms with E-state index in [-0.39, 0.29) is 0 Å². The van der Waals surface area contributed by atoms with Crippen LogP contribution in [0.25, 0.3) is 10.9 Å². The molecule has 0 fully saturated rings. The molecule has 0 amide bonds. The van der Waals surface area contributed by atoms with Gasteiger partial charge in [0.15, 0.2) is 0 Å². The van der Waals surface area contributed by atoms with Crippen LogP contribution in [0.3, 0.4) is 0 Å². The molecule has 3 heteroatoms. The van der Waals surface area contributed by atoms with E-state index in [0.29, 0.717) is 12.5 Å². The molecule has 0 saturated carbocycles. The number of ether oxygens (including phenoxy) is 1. The Morgan fingerprint density at radius 3 is 2.88 bits per heavy atom. The van der Waals surface area contributed by atoms with E-state index in [4.69, 9.17) is 4.74 Å². The summed E-state index contributed by atoms with van der Waals surface area (Å²) in [7, 11) is 0. The Labute approximate surface area is 100 Å². The van der Waals surface area contributed by atoms with Crippen molar-refractivity contribution in [2.45, 2.75) is 18.7 Å². The Balaban J connectivity index is 2.67. The summed E-state index contributed by atoms with van der Waals surface area (Å²) in [6, 6.07) is 8.27.